The van der Waals surface area contributed by atoms with Crippen molar-refractivity contribution in [1.82, 2.24) is 4.98 Å². The lowest BCUT2D eigenvalue weighted by Gasteiger charge is -2.00. The Labute approximate surface area is 82.7 Å². The molecule has 0 saturated carbocycles. The highest BCUT2D eigenvalue weighted by Gasteiger charge is 2.17. The van der Waals surface area contributed by atoms with Crippen molar-refractivity contribution in [2.24, 2.45) is 0 Å². The van der Waals surface area contributed by atoms with Crippen LogP contribution in [0.15, 0.2) is 15.6 Å². The van der Waals surface area contributed by atoms with Crippen LogP contribution < -0.4 is 0 Å². The van der Waals surface area contributed by atoms with E-state index in [4.69, 9.17) is 11.6 Å². The van der Waals surface area contributed by atoms with Crippen LogP contribution >= 0.6 is 39.3 Å². The zero-order valence-corrected chi connectivity index (χ0v) is 8.76. The maximum Gasteiger partial charge on any atom is 0.0717 e. The minimum Gasteiger partial charge on any atom is -0.259 e. The van der Waals surface area contributed by atoms with Gasteiger partial charge in [-0.1, -0.05) is 11.6 Å². The molecule has 1 aromatic rings. The zero-order chi connectivity index (χ0) is 7.84. The Morgan fingerprint density at radius 1 is 1.64 bits per heavy atom. The maximum atomic E-state index is 6.03. The lowest BCUT2D eigenvalue weighted by Crippen LogP contribution is -1.86. The number of aryl methyl sites for hydroxylation is 1. The van der Waals surface area contributed by atoms with Crippen molar-refractivity contribution in [3.8, 4) is 0 Å². The summed E-state index contributed by atoms with van der Waals surface area (Å²) in [6, 6.07) is 0. The van der Waals surface area contributed by atoms with Crippen molar-refractivity contribution < 1.29 is 0 Å². The molecule has 0 atom stereocenters. The number of aromatic nitrogens is 1. The molecule has 0 unspecified atom stereocenters. The SMILES string of the molecule is Clc1c(Br)cnc2c1SCC2. The standard InChI is InChI=1S/C7H5BrClNS/c8-4-3-10-5-1-2-11-7(5)6(4)9/h3H,1-2H2. The predicted octanol–water partition coefficient (Wildman–Crippen LogP) is 3.15. The molecule has 0 spiro atoms. The van der Waals surface area contributed by atoms with Crippen molar-refractivity contribution in [2.75, 3.05) is 5.75 Å². The number of hydrogen-bond donors (Lipinski definition) is 0. The second kappa shape index (κ2) is 2.96. The quantitative estimate of drug-likeness (QED) is 0.702. The van der Waals surface area contributed by atoms with E-state index in [1.54, 1.807) is 18.0 Å². The molecule has 0 aliphatic carbocycles. The molecule has 2 heterocycles. The predicted molar refractivity (Wildman–Crippen MR) is 51.4 cm³/mol. The van der Waals surface area contributed by atoms with Gasteiger partial charge in [-0.15, -0.1) is 11.8 Å². The molecule has 0 aromatic carbocycles. The first kappa shape index (κ1) is 7.90. The number of hydrogen-bond acceptors (Lipinski definition) is 2. The smallest absolute Gasteiger partial charge is 0.0717 e. The monoisotopic (exact) mass is 249 g/mol. The molecule has 1 aliphatic rings. The van der Waals surface area contributed by atoms with E-state index in [1.165, 1.54) is 0 Å². The van der Waals surface area contributed by atoms with Crippen molar-refractivity contribution in [3.05, 3.63) is 21.4 Å². The van der Waals surface area contributed by atoms with E-state index >= 15 is 0 Å². The molecule has 2 rings (SSSR count). The average Bonchev–Trinajstić information content (AvgIpc) is 2.45. The van der Waals surface area contributed by atoms with Gasteiger partial charge in [-0.2, -0.15) is 0 Å². The third-order valence-corrected chi connectivity index (χ3v) is 4.06. The molecular weight excluding hydrogens is 246 g/mol. The van der Waals surface area contributed by atoms with Gasteiger partial charge in [0.2, 0.25) is 0 Å². The van der Waals surface area contributed by atoms with Gasteiger partial charge in [-0.05, 0) is 15.9 Å². The van der Waals surface area contributed by atoms with Crippen molar-refractivity contribution in [2.45, 2.75) is 11.3 Å². The van der Waals surface area contributed by atoms with E-state index in [2.05, 4.69) is 20.9 Å². The fraction of sp³-hybridized carbons (Fsp3) is 0.286. The van der Waals surface area contributed by atoms with Crippen LogP contribution in [0.5, 0.6) is 0 Å². The van der Waals surface area contributed by atoms with Crippen LogP contribution in [0.25, 0.3) is 0 Å². The summed E-state index contributed by atoms with van der Waals surface area (Å²) in [7, 11) is 0. The first-order valence-corrected chi connectivity index (χ1v) is 5.40. The van der Waals surface area contributed by atoms with Crippen molar-refractivity contribution in [1.29, 1.82) is 0 Å². The molecular formula is C7H5BrClNS. The lowest BCUT2D eigenvalue weighted by atomic mass is 10.3. The first-order chi connectivity index (χ1) is 5.29. The Bertz CT molecular complexity index is 303. The highest BCUT2D eigenvalue weighted by atomic mass is 79.9. The van der Waals surface area contributed by atoms with Crippen LogP contribution in [0.2, 0.25) is 5.02 Å². The number of fused-ring (bicyclic) bond motifs is 1. The van der Waals surface area contributed by atoms with Gasteiger partial charge in [0.05, 0.1) is 15.2 Å². The fourth-order valence-corrected chi connectivity index (χ4v) is 2.87. The molecule has 0 radical (unpaired) electrons. The van der Waals surface area contributed by atoms with Gasteiger partial charge in [0.1, 0.15) is 0 Å². The highest BCUT2D eigenvalue weighted by molar-refractivity contribution is 9.10. The normalized spacial score (nSPS) is 15.1. The van der Waals surface area contributed by atoms with Crippen LogP contribution in [0.1, 0.15) is 5.69 Å². The second-order valence-corrected chi connectivity index (χ2v) is 4.63. The molecule has 1 aliphatic heterocycles. The summed E-state index contributed by atoms with van der Waals surface area (Å²) in [4.78, 5) is 5.42. The average molecular weight is 251 g/mol. The van der Waals surface area contributed by atoms with Crippen LogP contribution in [0.4, 0.5) is 0 Å². The number of pyridine rings is 1. The Hall–Kier alpha value is 0.270. The van der Waals surface area contributed by atoms with E-state index in [9.17, 15) is 0 Å². The number of thioether (sulfide) groups is 1. The summed E-state index contributed by atoms with van der Waals surface area (Å²) in [6.07, 6.45) is 2.82. The molecule has 0 saturated heterocycles. The molecule has 0 amide bonds. The van der Waals surface area contributed by atoms with Gasteiger partial charge in [0.15, 0.2) is 0 Å². The third kappa shape index (κ3) is 1.30. The van der Waals surface area contributed by atoms with E-state index in [0.29, 0.717) is 0 Å². The molecule has 0 fully saturated rings. The van der Waals surface area contributed by atoms with E-state index in [0.717, 1.165) is 32.3 Å². The summed E-state index contributed by atoms with van der Waals surface area (Å²) in [6.45, 7) is 0. The van der Waals surface area contributed by atoms with Gasteiger partial charge >= 0.3 is 0 Å². The molecule has 0 N–H and O–H groups in total. The minimum absolute atomic E-state index is 0.817. The lowest BCUT2D eigenvalue weighted by molar-refractivity contribution is 1.02. The van der Waals surface area contributed by atoms with E-state index in [-0.39, 0.29) is 0 Å². The molecule has 58 valence electrons. The van der Waals surface area contributed by atoms with Crippen molar-refractivity contribution >= 4 is 39.3 Å². The maximum absolute atomic E-state index is 6.03. The van der Waals surface area contributed by atoms with Gasteiger partial charge in [0.25, 0.3) is 0 Å². The fourth-order valence-electron chi connectivity index (χ4n) is 1.06. The van der Waals surface area contributed by atoms with Gasteiger partial charge in [-0.3, -0.25) is 4.98 Å². The summed E-state index contributed by atoms with van der Waals surface area (Å²) >= 11 is 11.2. The highest BCUT2D eigenvalue weighted by Crippen LogP contribution is 2.39. The topological polar surface area (TPSA) is 12.9 Å². The molecule has 11 heavy (non-hydrogen) atoms. The third-order valence-electron chi connectivity index (χ3n) is 1.59. The molecule has 4 heteroatoms. The largest absolute Gasteiger partial charge is 0.259 e. The Morgan fingerprint density at radius 2 is 2.45 bits per heavy atom. The molecule has 1 aromatic heterocycles. The van der Waals surface area contributed by atoms with Crippen LogP contribution in [-0.2, 0) is 6.42 Å². The van der Waals surface area contributed by atoms with Crippen molar-refractivity contribution in [3.63, 3.8) is 0 Å². The summed E-state index contributed by atoms with van der Waals surface area (Å²) in [5.74, 6) is 1.11. The van der Waals surface area contributed by atoms with Crippen LogP contribution in [0, 0.1) is 0 Å². The summed E-state index contributed by atoms with van der Waals surface area (Å²) in [5, 5.41) is 0.817. The first-order valence-electron chi connectivity index (χ1n) is 3.24. The number of rotatable bonds is 0. The van der Waals surface area contributed by atoms with Gasteiger partial charge in [-0.25, -0.2) is 0 Å². The van der Waals surface area contributed by atoms with E-state index in [1.807, 2.05) is 0 Å². The van der Waals surface area contributed by atoms with Crippen LogP contribution in [0.3, 0.4) is 0 Å². The zero-order valence-electron chi connectivity index (χ0n) is 5.60. The van der Waals surface area contributed by atoms with E-state index < -0.39 is 0 Å². The minimum atomic E-state index is 0.817. The summed E-state index contributed by atoms with van der Waals surface area (Å²) < 4.78 is 0.896. The van der Waals surface area contributed by atoms with Crippen LogP contribution in [-0.4, -0.2) is 10.7 Å². The number of nitrogens with zero attached hydrogens (tertiary/aromatic N) is 1. The second-order valence-electron chi connectivity index (χ2n) is 2.29. The molecule has 0 bridgehead atoms. The molecule has 1 nitrogen and oxygen atoms in total. The summed E-state index contributed by atoms with van der Waals surface area (Å²) in [5.41, 5.74) is 1.14. The Kier molecular flexibility index (Phi) is 2.12. The Morgan fingerprint density at radius 3 is 3.27 bits per heavy atom. The van der Waals surface area contributed by atoms with Gasteiger partial charge in [0, 0.05) is 23.3 Å². The Balaban J connectivity index is 2.62. The van der Waals surface area contributed by atoms with Gasteiger partial charge < -0.3 is 0 Å². The number of halogens is 2.